The Bertz CT molecular complexity index is 3410. The van der Waals surface area contributed by atoms with Crippen LogP contribution in [-0.2, 0) is 20.4 Å². The van der Waals surface area contributed by atoms with E-state index in [1.165, 1.54) is 276 Å². The van der Waals surface area contributed by atoms with E-state index in [-0.39, 0.29) is 72.6 Å². The van der Waals surface area contributed by atoms with Crippen LogP contribution in [0.1, 0.15) is 490 Å². The van der Waals surface area contributed by atoms with Gasteiger partial charge in [0, 0.05) is 27.5 Å². The quantitative estimate of drug-likeness (QED) is 0.0415. The molecule has 19 saturated carbocycles. The monoisotopic (exact) mass is 1950 g/mol. The summed E-state index contributed by atoms with van der Waals surface area (Å²) in [6.07, 6.45) is 76.5. The molecule has 0 aromatic carbocycles. The second-order valence-corrected chi connectivity index (χ2v) is 55.5. The third-order valence-electron chi connectivity index (χ3n) is 50.8. The normalized spacial score (nSPS) is 48.5. The van der Waals surface area contributed by atoms with Crippen molar-refractivity contribution in [3.8, 4) is 0 Å². The minimum absolute atomic E-state index is 0. The van der Waals surface area contributed by atoms with Gasteiger partial charge in [0.15, 0.2) is 0 Å². The smallest absolute Gasteiger partial charge is 0.0682 e. The number of aliphatic hydroxyl groups is 9. The van der Waals surface area contributed by atoms with E-state index in [2.05, 4.69) is 117 Å². The number of fused-ring (bicyclic) bond motifs is 20. The molecule has 0 aliphatic heterocycles. The Kier molecular flexibility index (Phi) is 36.1. The van der Waals surface area contributed by atoms with Crippen molar-refractivity contribution in [3.63, 3.8) is 0 Å². The molecule has 39 atom stereocenters. The van der Waals surface area contributed by atoms with E-state index in [9.17, 15) is 40.9 Å². The predicted molar refractivity (Wildman–Crippen MR) is 544 cm³/mol. The van der Waals surface area contributed by atoms with Gasteiger partial charge in [0.25, 0.3) is 0 Å². The first-order valence-corrected chi connectivity index (χ1v) is 58.6. The van der Waals surface area contributed by atoms with Crippen molar-refractivity contribution in [1.29, 1.82) is 0 Å². The number of aliphatic hydroxyl groups excluding tert-OH is 5. The molecule has 0 radical (unpaired) electrons. The van der Waals surface area contributed by atoms with Gasteiger partial charge in [0.05, 0.1) is 46.8 Å². The Balaban J connectivity index is 0.000000148. The molecule has 0 aromatic rings. The van der Waals surface area contributed by atoms with E-state index in [0.29, 0.717) is 90.7 Å². The van der Waals surface area contributed by atoms with Gasteiger partial charge in [-0.05, 0) is 479 Å². The summed E-state index contributed by atoms with van der Waals surface area (Å²) in [5.41, 5.74) is 3.41. The van der Waals surface area contributed by atoms with Gasteiger partial charge in [0.1, 0.15) is 0 Å². The van der Waals surface area contributed by atoms with Crippen LogP contribution in [-0.4, -0.2) is 111 Å². The van der Waals surface area contributed by atoms with Crippen LogP contribution in [0.4, 0.5) is 0 Å². The molecule has 13 N–H and O–H groups in total. The molecule has 0 amide bonds. The summed E-state index contributed by atoms with van der Waals surface area (Å²) in [5.74, 6) is 20.4. The molecule has 11 nitrogen and oxygen atoms in total. The van der Waals surface area contributed by atoms with Crippen LogP contribution in [0.15, 0.2) is 11.6 Å². The molecule has 12 heteroatoms. The average molecular weight is 1950 g/mol. The van der Waals surface area contributed by atoms with Crippen molar-refractivity contribution >= 4 is 0 Å². The maximum absolute atomic E-state index is 11.2. The summed E-state index contributed by atoms with van der Waals surface area (Å²) in [5, 5.41) is 96.0. The fourth-order valence-electron chi connectivity index (χ4n) is 41.8. The summed E-state index contributed by atoms with van der Waals surface area (Å²) in [4.78, 5) is 0. The summed E-state index contributed by atoms with van der Waals surface area (Å²) in [6, 6.07) is 0. The first-order valence-electron chi connectivity index (χ1n) is 58.6. The van der Waals surface area contributed by atoms with Crippen LogP contribution >= 0.6 is 0 Å². The summed E-state index contributed by atoms with van der Waals surface area (Å²) in [6.45, 7) is 39.2. The van der Waals surface area contributed by atoms with Crippen molar-refractivity contribution in [3.05, 3.63) is 11.6 Å². The largest absolute Gasteiger partial charge is 0.412 e. The molecule has 20 aliphatic carbocycles. The van der Waals surface area contributed by atoms with Crippen molar-refractivity contribution < 1.29 is 77.3 Å². The SMILES string of the molecule is CC[C@]1(O)CC[C@@]2(C)C(=CC[C@H]3[C@@H]4CC[C@H]([C@H](C)[C@H](O)CC5CCCC5)[C@@]4(C)CC[C@@H]32)C1.CC[C@]1(O)CC[C@@]2(C)[C@@H](CC[C@@H]3[C@@H]2CC[C@]2(C)[C@@H]([C@H](C)[C@H](O)CC4CCCC4)CC[C@@H]32)C1.CC[C@]1(O)CC[C@@]2(C)[C@H](CC[C@@H]3[C@@H]2CC[C@]2(C)[C@@H]([C@H](C)[C@H](O)CC4CCCC4)CC[C@@H]32)C1.CC[C@]1(O)CC[C@@]2(C)[C@H](CC[C@@H]3[C@@H]2CC[C@]2(C)[C@@H]([C@H](C)[C@H](O)CC4CCCC4)CC[C@@H]32)C1.CO.O.O.[Pd]. The van der Waals surface area contributed by atoms with Crippen molar-refractivity contribution in [1.82, 2.24) is 0 Å². The molecular formula is C121H214O11Pd. The number of rotatable bonds is 20. The molecule has 0 heterocycles. The molecule has 0 spiro atoms. The zero-order valence-corrected chi connectivity index (χ0v) is 90.6. The molecule has 19 fully saturated rings. The van der Waals surface area contributed by atoms with Crippen LogP contribution in [0.25, 0.3) is 0 Å². The Hall–Kier alpha value is -0.0377. The van der Waals surface area contributed by atoms with Crippen LogP contribution in [0.5, 0.6) is 0 Å². The van der Waals surface area contributed by atoms with E-state index in [4.69, 9.17) is 5.11 Å². The van der Waals surface area contributed by atoms with Gasteiger partial charge in [0.2, 0.25) is 0 Å². The third kappa shape index (κ3) is 20.7. The minimum Gasteiger partial charge on any atom is -0.412 e. The molecular weight excluding hydrogens is 1740 g/mol. The molecule has 20 aliphatic rings. The molecule has 0 unspecified atom stereocenters. The van der Waals surface area contributed by atoms with E-state index in [0.717, 1.165) is 222 Å². The maximum Gasteiger partial charge on any atom is 0.0682 e. The predicted octanol–water partition coefficient (Wildman–Crippen LogP) is 27.3. The summed E-state index contributed by atoms with van der Waals surface area (Å²) < 4.78 is 0. The van der Waals surface area contributed by atoms with Crippen LogP contribution in [0, 0.1) is 203 Å². The van der Waals surface area contributed by atoms with Gasteiger partial charge in [-0.15, -0.1) is 0 Å². The Labute approximate surface area is 830 Å². The second-order valence-electron chi connectivity index (χ2n) is 55.5. The van der Waals surface area contributed by atoms with Gasteiger partial charge in [-0.2, -0.15) is 0 Å². The Morgan fingerprint density at radius 2 is 0.519 bits per heavy atom. The Morgan fingerprint density at radius 3 is 0.782 bits per heavy atom. The van der Waals surface area contributed by atoms with Crippen LogP contribution in [0.3, 0.4) is 0 Å². The molecule has 20 rings (SSSR count). The van der Waals surface area contributed by atoms with Gasteiger partial charge in [-0.1, -0.05) is 225 Å². The topological polar surface area (TPSA) is 245 Å². The summed E-state index contributed by atoms with van der Waals surface area (Å²) >= 11 is 0. The van der Waals surface area contributed by atoms with Crippen molar-refractivity contribution in [2.75, 3.05) is 7.11 Å². The van der Waals surface area contributed by atoms with Crippen molar-refractivity contribution in [2.45, 2.75) is 536 Å². The summed E-state index contributed by atoms with van der Waals surface area (Å²) in [7, 11) is 1.00. The number of allylic oxidation sites excluding steroid dienone is 1. The fraction of sp³-hybridized carbons (Fsp3) is 0.983. The first-order chi connectivity index (χ1) is 61.8. The molecule has 0 saturated heterocycles. The molecule has 133 heavy (non-hydrogen) atoms. The zero-order chi connectivity index (χ0) is 92.9. The standard InChI is InChI=1S/3C30H52O2.C30H50O2.CH4O.2H2O.Pd/c4*1-5-30(32)17-16-28(3)22(19-30)10-11-23-25-13-12-24(29(25,4)15-14-26(23)28)20(2)27(31)18-21-8-6-7-9-21;1-2;;;/h3*20-27,31-32H,5-19H2,1-4H3;10,20-21,23-27,31-32H,5-9,11-19H2,1-4H3;2H,1H3;2*1H2;/t2*20-,22+,23-,24+,25-,26-,27+,28-,29+,30-;20-,22-,23-,24+,25-,26-,27+,28-,29+,30-;20-,23-,24+,25-,26-,27+,28-,29+,30-;;;;/m0000..../s1. The van der Waals surface area contributed by atoms with Crippen molar-refractivity contribution in [2.24, 2.45) is 203 Å². The average Bonchev–Trinajstić information content (AvgIpc) is 1.62. The van der Waals surface area contributed by atoms with Gasteiger partial charge < -0.3 is 56.9 Å². The third-order valence-corrected chi connectivity index (χ3v) is 50.8. The van der Waals surface area contributed by atoms with E-state index in [1.54, 1.807) is 5.57 Å². The Morgan fingerprint density at radius 1 is 0.278 bits per heavy atom. The first kappa shape index (κ1) is 110. The molecule has 0 bridgehead atoms. The van der Waals surface area contributed by atoms with E-state index < -0.39 is 5.60 Å². The number of hydrogen-bond donors (Lipinski definition) is 9. The number of hydrogen-bond acceptors (Lipinski definition) is 9. The molecule has 0 aromatic heterocycles. The zero-order valence-electron chi connectivity index (χ0n) is 89.0. The van der Waals surface area contributed by atoms with Gasteiger partial charge in [-0.3, -0.25) is 0 Å². The fourth-order valence-corrected chi connectivity index (χ4v) is 41.8. The second kappa shape index (κ2) is 43.6. The van der Waals surface area contributed by atoms with Crippen LogP contribution < -0.4 is 0 Å². The minimum atomic E-state index is -0.454. The molecule has 774 valence electrons. The van der Waals surface area contributed by atoms with E-state index in [1.807, 2.05) is 0 Å². The maximum atomic E-state index is 11.2. The van der Waals surface area contributed by atoms with Gasteiger partial charge in [-0.25, -0.2) is 0 Å². The van der Waals surface area contributed by atoms with Gasteiger partial charge >= 0.3 is 0 Å². The van der Waals surface area contributed by atoms with Crippen LogP contribution in [0.2, 0.25) is 0 Å². The van der Waals surface area contributed by atoms with E-state index >= 15 is 0 Å².